The van der Waals surface area contributed by atoms with Gasteiger partial charge in [-0.2, -0.15) is 0 Å². The largest absolute Gasteiger partial charge is 0.359 e. The fourth-order valence-corrected chi connectivity index (χ4v) is 0.805. The third-order valence-corrected chi connectivity index (χ3v) is 2.00. The van der Waals surface area contributed by atoms with Crippen molar-refractivity contribution in [3.05, 3.63) is 12.7 Å². The van der Waals surface area contributed by atoms with Crippen molar-refractivity contribution in [1.29, 1.82) is 0 Å². The number of hydrogen-bond donors (Lipinski definition) is 2. The Hall–Kier alpha value is -1.32. The summed E-state index contributed by atoms with van der Waals surface area (Å²) in [6.45, 7) is 15.3. The van der Waals surface area contributed by atoms with Gasteiger partial charge in [-0.1, -0.05) is 47.6 Å². The van der Waals surface area contributed by atoms with E-state index in [1.54, 1.807) is 13.1 Å². The zero-order valence-electron chi connectivity index (χ0n) is 12.8. The average Bonchev–Trinajstić information content (AvgIpc) is 2.22. The molecule has 0 rings (SSSR count). The van der Waals surface area contributed by atoms with Crippen molar-refractivity contribution in [2.45, 2.75) is 41.5 Å². The van der Waals surface area contributed by atoms with Gasteiger partial charge in [0.1, 0.15) is 0 Å². The molecule has 0 radical (unpaired) electrons. The quantitative estimate of drug-likeness (QED) is 0.743. The fourth-order valence-electron chi connectivity index (χ4n) is 0.805. The molecule has 0 aliphatic carbocycles. The van der Waals surface area contributed by atoms with Gasteiger partial charge in [-0.15, -0.1) is 6.58 Å². The van der Waals surface area contributed by atoms with Crippen LogP contribution in [0.15, 0.2) is 12.7 Å². The molecule has 2 amide bonds. The van der Waals surface area contributed by atoms with Crippen molar-refractivity contribution < 1.29 is 9.59 Å². The second-order valence-electron chi connectivity index (χ2n) is 6.08. The van der Waals surface area contributed by atoms with E-state index in [-0.39, 0.29) is 22.6 Å². The van der Waals surface area contributed by atoms with Gasteiger partial charge in [-0.25, -0.2) is 0 Å². The summed E-state index contributed by atoms with van der Waals surface area (Å²) in [5, 5.41) is 5.28. The Morgan fingerprint density at radius 2 is 1.39 bits per heavy atom. The van der Waals surface area contributed by atoms with Crippen LogP contribution in [0.25, 0.3) is 0 Å². The summed E-state index contributed by atoms with van der Waals surface area (Å²) in [6, 6.07) is 0. The number of nitrogens with one attached hydrogen (secondary N) is 2. The van der Waals surface area contributed by atoms with Crippen molar-refractivity contribution in [3.63, 3.8) is 0 Å². The van der Waals surface area contributed by atoms with Crippen molar-refractivity contribution in [1.82, 2.24) is 10.6 Å². The highest BCUT2D eigenvalue weighted by molar-refractivity contribution is 5.81. The monoisotopic (exact) mass is 256 g/mol. The Labute approximate surface area is 111 Å². The number of carbonyl (C=O) groups excluding carboxylic acids is 2. The van der Waals surface area contributed by atoms with E-state index in [9.17, 15) is 9.59 Å². The molecule has 0 aromatic carbocycles. The van der Waals surface area contributed by atoms with E-state index in [1.165, 1.54) is 0 Å². The maximum Gasteiger partial charge on any atom is 0.225 e. The molecule has 18 heavy (non-hydrogen) atoms. The van der Waals surface area contributed by atoms with Crippen molar-refractivity contribution in [2.75, 3.05) is 13.6 Å². The lowest BCUT2D eigenvalue weighted by atomic mass is 9.96. The third kappa shape index (κ3) is 9.87. The van der Waals surface area contributed by atoms with Crippen LogP contribution in [0.3, 0.4) is 0 Å². The van der Waals surface area contributed by atoms with Gasteiger partial charge in [-0.3, -0.25) is 9.59 Å². The molecule has 0 bridgehead atoms. The van der Waals surface area contributed by atoms with Crippen molar-refractivity contribution in [3.8, 4) is 0 Å². The SMILES string of the molecule is C=CCNC(=O)C(C)(C)C.CNC(=O)C(C)(C)C. The van der Waals surface area contributed by atoms with Crippen LogP contribution in [0.1, 0.15) is 41.5 Å². The molecular formula is C14H28N2O2. The summed E-state index contributed by atoms with van der Waals surface area (Å²) < 4.78 is 0. The predicted molar refractivity (Wildman–Crippen MR) is 76.2 cm³/mol. The molecule has 4 nitrogen and oxygen atoms in total. The van der Waals surface area contributed by atoms with Crippen LogP contribution in [-0.4, -0.2) is 25.4 Å². The molecule has 0 saturated heterocycles. The van der Waals surface area contributed by atoms with Crippen LogP contribution in [-0.2, 0) is 9.59 Å². The molecule has 0 fully saturated rings. The number of carbonyl (C=O) groups is 2. The van der Waals surface area contributed by atoms with Gasteiger partial charge in [-0.05, 0) is 0 Å². The minimum atomic E-state index is -0.289. The minimum Gasteiger partial charge on any atom is -0.359 e. The molecule has 0 atom stereocenters. The number of amides is 2. The van der Waals surface area contributed by atoms with Crippen molar-refractivity contribution >= 4 is 11.8 Å². The molecule has 0 aromatic rings. The summed E-state index contributed by atoms with van der Waals surface area (Å²) in [6.07, 6.45) is 1.67. The van der Waals surface area contributed by atoms with Crippen LogP contribution in [0.2, 0.25) is 0 Å². The highest BCUT2D eigenvalue weighted by Gasteiger charge is 2.19. The van der Waals surface area contributed by atoms with Crippen LogP contribution >= 0.6 is 0 Å². The maximum atomic E-state index is 11.1. The van der Waals surface area contributed by atoms with E-state index < -0.39 is 0 Å². The Bertz CT molecular complexity index is 283. The molecular weight excluding hydrogens is 228 g/mol. The molecule has 4 heteroatoms. The highest BCUT2D eigenvalue weighted by Crippen LogP contribution is 2.12. The first-order valence-electron chi connectivity index (χ1n) is 6.08. The second-order valence-corrected chi connectivity index (χ2v) is 6.08. The molecule has 0 aliphatic heterocycles. The first kappa shape index (κ1) is 19.0. The van der Waals surface area contributed by atoms with Crippen molar-refractivity contribution in [2.24, 2.45) is 10.8 Å². The van der Waals surface area contributed by atoms with Gasteiger partial charge in [0, 0.05) is 24.4 Å². The normalized spacial score (nSPS) is 10.8. The topological polar surface area (TPSA) is 58.2 Å². The molecule has 0 aliphatic rings. The first-order valence-corrected chi connectivity index (χ1v) is 6.08. The van der Waals surface area contributed by atoms with Crippen LogP contribution in [0, 0.1) is 10.8 Å². The summed E-state index contributed by atoms with van der Waals surface area (Å²) >= 11 is 0. The third-order valence-electron chi connectivity index (χ3n) is 2.00. The minimum absolute atomic E-state index is 0.0624. The molecule has 106 valence electrons. The van der Waals surface area contributed by atoms with E-state index >= 15 is 0 Å². The Kier molecular flexibility index (Phi) is 8.35. The molecule has 0 unspecified atom stereocenters. The smallest absolute Gasteiger partial charge is 0.225 e. The first-order chi connectivity index (χ1) is 7.96. The summed E-state index contributed by atoms with van der Waals surface area (Å²) in [7, 11) is 1.65. The van der Waals surface area contributed by atoms with Crippen LogP contribution < -0.4 is 10.6 Å². The fraction of sp³-hybridized carbons (Fsp3) is 0.714. The second kappa shape index (κ2) is 7.90. The van der Waals surface area contributed by atoms with E-state index in [1.807, 2.05) is 41.5 Å². The zero-order valence-corrected chi connectivity index (χ0v) is 12.8. The Morgan fingerprint density at radius 1 is 1.00 bits per heavy atom. The average molecular weight is 256 g/mol. The van der Waals surface area contributed by atoms with Gasteiger partial charge in [0.15, 0.2) is 0 Å². The molecule has 0 spiro atoms. The van der Waals surface area contributed by atoms with E-state index in [0.29, 0.717) is 6.54 Å². The molecule has 0 aromatic heterocycles. The van der Waals surface area contributed by atoms with Crippen LogP contribution in [0.5, 0.6) is 0 Å². The summed E-state index contributed by atoms with van der Waals surface area (Å²) in [4.78, 5) is 21.8. The summed E-state index contributed by atoms with van der Waals surface area (Å²) in [5.74, 6) is 0.143. The van der Waals surface area contributed by atoms with E-state index in [2.05, 4.69) is 17.2 Å². The van der Waals surface area contributed by atoms with Gasteiger partial charge in [0.05, 0.1) is 0 Å². The Balaban J connectivity index is 0. The van der Waals surface area contributed by atoms with Gasteiger partial charge in [0.25, 0.3) is 0 Å². The van der Waals surface area contributed by atoms with Gasteiger partial charge in [0.2, 0.25) is 11.8 Å². The lowest BCUT2D eigenvalue weighted by Crippen LogP contribution is -2.34. The lowest BCUT2D eigenvalue weighted by molar-refractivity contribution is -0.128. The highest BCUT2D eigenvalue weighted by atomic mass is 16.2. The predicted octanol–water partition coefficient (Wildman–Crippen LogP) is 2.11. The summed E-state index contributed by atoms with van der Waals surface area (Å²) in [5.41, 5.74) is -0.530. The number of hydrogen-bond acceptors (Lipinski definition) is 2. The number of rotatable bonds is 2. The molecule has 0 saturated carbocycles. The molecule has 2 N–H and O–H groups in total. The lowest BCUT2D eigenvalue weighted by Gasteiger charge is -2.16. The van der Waals surface area contributed by atoms with E-state index in [4.69, 9.17) is 0 Å². The zero-order chi connectivity index (χ0) is 15.0. The maximum absolute atomic E-state index is 11.1. The van der Waals surface area contributed by atoms with Gasteiger partial charge >= 0.3 is 0 Å². The Morgan fingerprint density at radius 3 is 1.56 bits per heavy atom. The molecule has 0 heterocycles. The van der Waals surface area contributed by atoms with Gasteiger partial charge < -0.3 is 10.6 Å². The standard InChI is InChI=1S/C8H15NO.C6H13NO/c1-5-6-9-7(10)8(2,3)4;1-6(2,3)5(8)7-4/h5H,1,6H2,2-4H3,(H,9,10);1-4H3,(H,7,8). The van der Waals surface area contributed by atoms with Crippen LogP contribution in [0.4, 0.5) is 0 Å². The van der Waals surface area contributed by atoms with E-state index in [0.717, 1.165) is 0 Å².